The van der Waals surface area contributed by atoms with E-state index in [9.17, 15) is 0 Å². The lowest BCUT2D eigenvalue weighted by atomic mass is 10.1. The second kappa shape index (κ2) is 13.2. The first-order valence-electron chi connectivity index (χ1n) is 10.9. The zero-order chi connectivity index (χ0) is 20.5. The van der Waals surface area contributed by atoms with Crippen molar-refractivity contribution in [2.75, 3.05) is 84.1 Å². The number of halogens is 1. The lowest BCUT2D eigenvalue weighted by molar-refractivity contribution is 0.0323. The van der Waals surface area contributed by atoms with E-state index >= 15 is 0 Å². The van der Waals surface area contributed by atoms with Gasteiger partial charge in [-0.05, 0) is 37.1 Å². The molecule has 2 aliphatic rings. The highest BCUT2D eigenvalue weighted by Crippen LogP contribution is 2.20. The normalized spacial score (nSPS) is 19.2. The first-order valence-corrected chi connectivity index (χ1v) is 10.9. The average Bonchev–Trinajstić information content (AvgIpc) is 2.77. The van der Waals surface area contributed by atoms with E-state index in [1.165, 1.54) is 5.69 Å². The number of morpholine rings is 1. The number of benzene rings is 1. The molecule has 0 spiro atoms. The number of hydrogen-bond donors (Lipinski definition) is 1. The van der Waals surface area contributed by atoms with Gasteiger partial charge in [-0.1, -0.05) is 6.92 Å². The van der Waals surface area contributed by atoms with E-state index in [2.05, 4.69) is 46.0 Å². The largest absolute Gasteiger partial charge is 0.497 e. The van der Waals surface area contributed by atoms with Crippen molar-refractivity contribution in [1.82, 2.24) is 15.1 Å². The lowest BCUT2D eigenvalue weighted by Crippen LogP contribution is -2.52. The maximum Gasteiger partial charge on any atom is 0.194 e. The number of methoxy groups -OCH3 is 1. The van der Waals surface area contributed by atoms with Crippen LogP contribution in [0.3, 0.4) is 0 Å². The van der Waals surface area contributed by atoms with Crippen molar-refractivity contribution in [3.05, 3.63) is 24.3 Å². The number of rotatable bonds is 7. The third-order valence-corrected chi connectivity index (χ3v) is 5.58. The molecule has 1 unspecified atom stereocenters. The van der Waals surface area contributed by atoms with Crippen molar-refractivity contribution in [2.24, 2.45) is 10.9 Å². The standard InChI is InChI=1S/C22H37N5O2.HI/c1-4-23-22(24-17-19(2)18-25-13-15-29-16-14-25)27-11-9-26(10-12-27)20-5-7-21(28-3)8-6-20;/h5-8,19H,4,9-18H2,1-3H3,(H,23,24);1H. The Morgan fingerprint density at radius 2 is 1.77 bits per heavy atom. The maximum atomic E-state index is 5.45. The summed E-state index contributed by atoms with van der Waals surface area (Å²) in [6.07, 6.45) is 0. The van der Waals surface area contributed by atoms with Gasteiger partial charge < -0.3 is 24.6 Å². The van der Waals surface area contributed by atoms with Crippen LogP contribution in [0.1, 0.15) is 13.8 Å². The van der Waals surface area contributed by atoms with Gasteiger partial charge in [-0.25, -0.2) is 0 Å². The first kappa shape index (κ1) is 25.0. The number of aliphatic imine (C=N–C) groups is 1. The van der Waals surface area contributed by atoms with Crippen molar-refractivity contribution in [1.29, 1.82) is 0 Å². The monoisotopic (exact) mass is 531 g/mol. The van der Waals surface area contributed by atoms with Crippen molar-refractivity contribution >= 4 is 35.6 Å². The number of nitrogens with one attached hydrogen (secondary N) is 1. The number of anilines is 1. The highest BCUT2D eigenvalue weighted by Gasteiger charge is 2.20. The number of ether oxygens (including phenoxy) is 2. The van der Waals surface area contributed by atoms with Crippen LogP contribution >= 0.6 is 24.0 Å². The molecule has 2 fully saturated rings. The van der Waals surface area contributed by atoms with E-state index in [-0.39, 0.29) is 24.0 Å². The molecule has 30 heavy (non-hydrogen) atoms. The van der Waals surface area contributed by atoms with Crippen molar-refractivity contribution in [3.63, 3.8) is 0 Å². The fourth-order valence-electron chi connectivity index (χ4n) is 3.92. The molecule has 0 amide bonds. The van der Waals surface area contributed by atoms with Gasteiger partial charge in [0.2, 0.25) is 0 Å². The molecule has 1 N–H and O–H groups in total. The minimum absolute atomic E-state index is 0. The summed E-state index contributed by atoms with van der Waals surface area (Å²) in [6.45, 7) is 15.1. The molecule has 1 aromatic carbocycles. The summed E-state index contributed by atoms with van der Waals surface area (Å²) in [5.74, 6) is 2.50. The van der Waals surface area contributed by atoms with Gasteiger partial charge in [-0.2, -0.15) is 0 Å². The van der Waals surface area contributed by atoms with Gasteiger partial charge >= 0.3 is 0 Å². The molecule has 0 aromatic heterocycles. The van der Waals surface area contributed by atoms with E-state index in [4.69, 9.17) is 14.5 Å². The summed E-state index contributed by atoms with van der Waals surface area (Å²) in [6, 6.07) is 8.34. The smallest absolute Gasteiger partial charge is 0.194 e. The molecular weight excluding hydrogens is 493 g/mol. The topological polar surface area (TPSA) is 52.6 Å². The van der Waals surface area contributed by atoms with Crippen LogP contribution in [0.4, 0.5) is 5.69 Å². The number of guanidine groups is 1. The summed E-state index contributed by atoms with van der Waals surface area (Å²) >= 11 is 0. The van der Waals surface area contributed by atoms with Gasteiger partial charge in [-0.3, -0.25) is 9.89 Å². The van der Waals surface area contributed by atoms with Crippen LogP contribution in [0, 0.1) is 5.92 Å². The zero-order valence-electron chi connectivity index (χ0n) is 18.7. The molecule has 2 heterocycles. The Labute approximate surface area is 198 Å². The predicted octanol–water partition coefficient (Wildman–Crippen LogP) is 2.37. The summed E-state index contributed by atoms with van der Waals surface area (Å²) in [5.41, 5.74) is 1.26. The summed E-state index contributed by atoms with van der Waals surface area (Å²) in [7, 11) is 1.71. The van der Waals surface area contributed by atoms with Crippen LogP contribution in [0.25, 0.3) is 0 Å². The molecule has 0 saturated carbocycles. The van der Waals surface area contributed by atoms with Crippen LogP contribution in [-0.4, -0.2) is 95.0 Å². The fraction of sp³-hybridized carbons (Fsp3) is 0.682. The van der Waals surface area contributed by atoms with E-state index < -0.39 is 0 Å². The Balaban J connectivity index is 0.00000320. The van der Waals surface area contributed by atoms with Gasteiger partial charge in [-0.15, -0.1) is 24.0 Å². The second-order valence-corrected chi connectivity index (χ2v) is 7.88. The highest BCUT2D eigenvalue weighted by molar-refractivity contribution is 14.0. The SMILES string of the molecule is CCNC(=NCC(C)CN1CCOCC1)N1CCN(c2ccc(OC)cc2)CC1.I. The van der Waals surface area contributed by atoms with Crippen LogP contribution in [0.5, 0.6) is 5.75 Å². The summed E-state index contributed by atoms with van der Waals surface area (Å²) in [5, 5.41) is 3.49. The van der Waals surface area contributed by atoms with Crippen LogP contribution in [0.15, 0.2) is 29.3 Å². The third-order valence-electron chi connectivity index (χ3n) is 5.58. The molecule has 7 nitrogen and oxygen atoms in total. The van der Waals surface area contributed by atoms with Crippen LogP contribution in [-0.2, 0) is 4.74 Å². The highest BCUT2D eigenvalue weighted by atomic mass is 127. The van der Waals surface area contributed by atoms with Gasteiger partial charge in [0.1, 0.15) is 5.75 Å². The van der Waals surface area contributed by atoms with Crippen LogP contribution < -0.4 is 15.0 Å². The van der Waals surface area contributed by atoms with E-state index in [1.54, 1.807) is 7.11 Å². The van der Waals surface area contributed by atoms with Gasteiger partial charge in [0.25, 0.3) is 0 Å². The van der Waals surface area contributed by atoms with E-state index in [0.29, 0.717) is 5.92 Å². The van der Waals surface area contributed by atoms with Gasteiger partial charge in [0.15, 0.2) is 5.96 Å². The Kier molecular flexibility index (Phi) is 11.0. The van der Waals surface area contributed by atoms with Crippen molar-refractivity contribution < 1.29 is 9.47 Å². The molecule has 0 bridgehead atoms. The lowest BCUT2D eigenvalue weighted by Gasteiger charge is -2.38. The zero-order valence-corrected chi connectivity index (χ0v) is 21.0. The minimum Gasteiger partial charge on any atom is -0.497 e. The van der Waals surface area contributed by atoms with Crippen molar-refractivity contribution in [3.8, 4) is 5.75 Å². The number of hydrogen-bond acceptors (Lipinski definition) is 5. The molecule has 0 aliphatic carbocycles. The van der Waals surface area contributed by atoms with E-state index in [1.807, 2.05) is 12.1 Å². The molecule has 170 valence electrons. The minimum atomic E-state index is 0. The second-order valence-electron chi connectivity index (χ2n) is 7.88. The quantitative estimate of drug-likeness (QED) is 0.332. The van der Waals surface area contributed by atoms with Gasteiger partial charge in [0, 0.05) is 64.6 Å². The molecule has 8 heteroatoms. The average molecular weight is 531 g/mol. The summed E-state index contributed by atoms with van der Waals surface area (Å²) in [4.78, 5) is 12.3. The maximum absolute atomic E-state index is 5.45. The number of nitrogens with zero attached hydrogens (tertiary/aromatic N) is 4. The van der Waals surface area contributed by atoms with Gasteiger partial charge in [0.05, 0.1) is 20.3 Å². The molecule has 0 radical (unpaired) electrons. The molecule has 1 atom stereocenters. The van der Waals surface area contributed by atoms with Crippen molar-refractivity contribution in [2.45, 2.75) is 13.8 Å². The molecular formula is C22H38IN5O2. The summed E-state index contributed by atoms with van der Waals surface area (Å²) < 4.78 is 10.7. The molecule has 1 aromatic rings. The number of piperazine rings is 1. The molecule has 3 rings (SSSR count). The fourth-order valence-corrected chi connectivity index (χ4v) is 3.92. The Morgan fingerprint density at radius 3 is 2.37 bits per heavy atom. The predicted molar refractivity (Wildman–Crippen MR) is 135 cm³/mol. The molecule has 2 saturated heterocycles. The third kappa shape index (κ3) is 7.46. The van der Waals surface area contributed by atoms with Crippen LogP contribution in [0.2, 0.25) is 0 Å². The first-order chi connectivity index (χ1) is 14.2. The Hall–Kier alpha value is -1.26. The van der Waals surface area contributed by atoms with E-state index in [0.717, 1.165) is 83.8 Å². The Morgan fingerprint density at radius 1 is 1.10 bits per heavy atom. The Bertz CT molecular complexity index is 629. The molecule has 2 aliphatic heterocycles.